The predicted molar refractivity (Wildman–Crippen MR) is 62.1 cm³/mol. The molecular formula is C11H21N3O. The summed E-state index contributed by atoms with van der Waals surface area (Å²) in [4.78, 5) is 0. The lowest BCUT2D eigenvalue weighted by molar-refractivity contribution is 0.200. The average molecular weight is 211 g/mol. The Morgan fingerprint density at radius 3 is 2.40 bits per heavy atom. The zero-order valence-corrected chi connectivity index (χ0v) is 10.2. The van der Waals surface area contributed by atoms with Gasteiger partial charge in [0.05, 0.1) is 11.8 Å². The molecule has 0 aliphatic rings. The van der Waals surface area contributed by atoms with Gasteiger partial charge < -0.3 is 10.5 Å². The lowest BCUT2D eigenvalue weighted by atomic mass is 10.1. The fourth-order valence-electron chi connectivity index (χ4n) is 1.38. The van der Waals surface area contributed by atoms with Crippen molar-refractivity contribution >= 4 is 5.69 Å². The second kappa shape index (κ2) is 4.55. The molecule has 0 aliphatic carbocycles. The number of hydrogen-bond acceptors (Lipinski definition) is 3. The molecule has 0 aromatic carbocycles. The van der Waals surface area contributed by atoms with Crippen molar-refractivity contribution in [1.82, 2.24) is 9.78 Å². The molecule has 0 radical (unpaired) electrons. The number of aryl methyl sites for hydroxylation is 1. The SMILES string of the molecule is CCC(C)Oc1c(N)c(C(C)C)nn1C. The number of nitrogens with zero attached hydrogens (tertiary/aromatic N) is 2. The topological polar surface area (TPSA) is 53.1 Å². The minimum absolute atomic E-state index is 0.169. The van der Waals surface area contributed by atoms with Gasteiger partial charge in [-0.2, -0.15) is 5.10 Å². The van der Waals surface area contributed by atoms with Gasteiger partial charge in [-0.3, -0.25) is 0 Å². The minimum atomic E-state index is 0.169. The van der Waals surface area contributed by atoms with Gasteiger partial charge in [0.15, 0.2) is 0 Å². The first-order chi connectivity index (χ1) is 6.97. The number of nitrogen functional groups attached to an aromatic ring is 1. The summed E-state index contributed by atoms with van der Waals surface area (Å²) in [6.45, 7) is 8.26. The van der Waals surface area contributed by atoms with Crippen LogP contribution in [0.25, 0.3) is 0 Å². The van der Waals surface area contributed by atoms with Crippen LogP contribution < -0.4 is 10.5 Å². The number of ether oxygens (including phenoxy) is 1. The fraction of sp³-hybridized carbons (Fsp3) is 0.727. The van der Waals surface area contributed by atoms with Crippen LogP contribution in [0.4, 0.5) is 5.69 Å². The van der Waals surface area contributed by atoms with Crippen molar-refractivity contribution in [3.63, 3.8) is 0 Å². The van der Waals surface area contributed by atoms with Crippen LogP contribution >= 0.6 is 0 Å². The van der Waals surface area contributed by atoms with E-state index in [0.29, 0.717) is 17.5 Å². The van der Waals surface area contributed by atoms with E-state index in [-0.39, 0.29) is 6.10 Å². The van der Waals surface area contributed by atoms with Crippen molar-refractivity contribution in [2.75, 3.05) is 5.73 Å². The molecule has 1 rings (SSSR count). The molecule has 0 saturated carbocycles. The maximum atomic E-state index is 6.00. The first-order valence-corrected chi connectivity index (χ1v) is 5.46. The van der Waals surface area contributed by atoms with Gasteiger partial charge in [-0.15, -0.1) is 0 Å². The molecule has 0 saturated heterocycles. The van der Waals surface area contributed by atoms with E-state index in [2.05, 4.69) is 25.9 Å². The van der Waals surface area contributed by atoms with Gasteiger partial charge in [0.1, 0.15) is 5.69 Å². The molecule has 0 fully saturated rings. The summed E-state index contributed by atoms with van der Waals surface area (Å²) in [5.74, 6) is 1.01. The third-order valence-corrected chi connectivity index (χ3v) is 2.49. The molecule has 1 aromatic rings. The highest BCUT2D eigenvalue weighted by Gasteiger charge is 2.18. The zero-order chi connectivity index (χ0) is 11.6. The molecule has 86 valence electrons. The maximum absolute atomic E-state index is 6.00. The standard InChI is InChI=1S/C11H21N3O/c1-6-8(4)15-11-9(12)10(7(2)3)13-14(11)5/h7-8H,6,12H2,1-5H3. The van der Waals surface area contributed by atoms with Crippen molar-refractivity contribution in [3.8, 4) is 5.88 Å². The summed E-state index contributed by atoms with van der Waals surface area (Å²) in [7, 11) is 1.86. The molecule has 0 spiro atoms. The van der Waals surface area contributed by atoms with Crippen LogP contribution in [0.3, 0.4) is 0 Å². The molecule has 1 atom stereocenters. The van der Waals surface area contributed by atoms with Crippen LogP contribution in [-0.4, -0.2) is 15.9 Å². The van der Waals surface area contributed by atoms with Gasteiger partial charge >= 0.3 is 0 Å². The highest BCUT2D eigenvalue weighted by Crippen LogP contribution is 2.30. The van der Waals surface area contributed by atoms with E-state index in [1.165, 1.54) is 0 Å². The smallest absolute Gasteiger partial charge is 0.236 e. The first kappa shape index (κ1) is 11.9. The molecular weight excluding hydrogens is 190 g/mol. The van der Waals surface area contributed by atoms with Crippen molar-refractivity contribution in [2.45, 2.75) is 46.1 Å². The van der Waals surface area contributed by atoms with Gasteiger partial charge in [0.2, 0.25) is 5.88 Å². The highest BCUT2D eigenvalue weighted by molar-refractivity contribution is 5.54. The zero-order valence-electron chi connectivity index (χ0n) is 10.2. The van der Waals surface area contributed by atoms with E-state index >= 15 is 0 Å². The molecule has 0 amide bonds. The van der Waals surface area contributed by atoms with Crippen molar-refractivity contribution in [1.29, 1.82) is 0 Å². The lowest BCUT2D eigenvalue weighted by Crippen LogP contribution is -2.13. The quantitative estimate of drug-likeness (QED) is 0.831. The van der Waals surface area contributed by atoms with E-state index in [9.17, 15) is 0 Å². The average Bonchev–Trinajstić information content (AvgIpc) is 2.45. The monoisotopic (exact) mass is 211 g/mol. The number of anilines is 1. The molecule has 15 heavy (non-hydrogen) atoms. The third kappa shape index (κ3) is 2.43. The second-order valence-electron chi connectivity index (χ2n) is 4.22. The predicted octanol–water partition coefficient (Wildman–Crippen LogP) is 2.30. The highest BCUT2D eigenvalue weighted by atomic mass is 16.5. The normalized spacial score (nSPS) is 13.2. The van der Waals surface area contributed by atoms with Crippen molar-refractivity contribution in [3.05, 3.63) is 5.69 Å². The number of rotatable bonds is 4. The second-order valence-corrected chi connectivity index (χ2v) is 4.22. The van der Waals surface area contributed by atoms with Crippen LogP contribution in [0.5, 0.6) is 5.88 Å². The van der Waals surface area contributed by atoms with Gasteiger partial charge in [-0.05, 0) is 19.3 Å². The van der Waals surface area contributed by atoms with Crippen LogP contribution in [0.2, 0.25) is 0 Å². The Morgan fingerprint density at radius 2 is 2.00 bits per heavy atom. The molecule has 2 N–H and O–H groups in total. The van der Waals surface area contributed by atoms with Gasteiger partial charge in [0, 0.05) is 7.05 Å². The molecule has 4 heteroatoms. The fourth-order valence-corrected chi connectivity index (χ4v) is 1.38. The van der Waals surface area contributed by atoms with Crippen LogP contribution in [0.15, 0.2) is 0 Å². The summed E-state index contributed by atoms with van der Waals surface area (Å²) in [5.41, 5.74) is 7.59. The Kier molecular flexibility index (Phi) is 3.61. The van der Waals surface area contributed by atoms with E-state index in [4.69, 9.17) is 10.5 Å². The van der Waals surface area contributed by atoms with E-state index in [0.717, 1.165) is 12.1 Å². The largest absolute Gasteiger partial charge is 0.473 e. The summed E-state index contributed by atoms with van der Waals surface area (Å²) in [6, 6.07) is 0. The Morgan fingerprint density at radius 1 is 1.40 bits per heavy atom. The van der Waals surface area contributed by atoms with Gasteiger partial charge in [-0.1, -0.05) is 20.8 Å². The number of nitrogens with two attached hydrogens (primary N) is 1. The van der Waals surface area contributed by atoms with Gasteiger partial charge in [0.25, 0.3) is 0 Å². The Labute approximate surface area is 91.4 Å². The summed E-state index contributed by atoms with van der Waals surface area (Å²) in [6.07, 6.45) is 1.13. The lowest BCUT2D eigenvalue weighted by Gasteiger charge is -2.12. The molecule has 0 bridgehead atoms. The van der Waals surface area contributed by atoms with Crippen molar-refractivity contribution in [2.24, 2.45) is 7.05 Å². The third-order valence-electron chi connectivity index (χ3n) is 2.49. The maximum Gasteiger partial charge on any atom is 0.236 e. The minimum Gasteiger partial charge on any atom is -0.473 e. The summed E-state index contributed by atoms with van der Waals surface area (Å²) < 4.78 is 7.45. The van der Waals surface area contributed by atoms with Crippen LogP contribution in [0, 0.1) is 0 Å². The van der Waals surface area contributed by atoms with Crippen molar-refractivity contribution < 1.29 is 4.74 Å². The molecule has 1 aromatic heterocycles. The van der Waals surface area contributed by atoms with E-state index in [1.807, 2.05) is 14.0 Å². The van der Waals surface area contributed by atoms with E-state index < -0.39 is 0 Å². The summed E-state index contributed by atoms with van der Waals surface area (Å²) in [5, 5.41) is 4.36. The Hall–Kier alpha value is -1.19. The van der Waals surface area contributed by atoms with Crippen LogP contribution in [-0.2, 0) is 7.05 Å². The number of aromatic nitrogens is 2. The molecule has 0 aliphatic heterocycles. The Bertz CT molecular complexity index is 331. The summed E-state index contributed by atoms with van der Waals surface area (Å²) >= 11 is 0. The van der Waals surface area contributed by atoms with E-state index in [1.54, 1.807) is 4.68 Å². The van der Waals surface area contributed by atoms with Gasteiger partial charge in [-0.25, -0.2) is 4.68 Å². The molecule has 1 heterocycles. The molecule has 1 unspecified atom stereocenters. The molecule has 4 nitrogen and oxygen atoms in total. The Balaban J connectivity index is 2.97. The number of hydrogen-bond donors (Lipinski definition) is 1. The van der Waals surface area contributed by atoms with Crippen LogP contribution in [0.1, 0.15) is 45.7 Å². The first-order valence-electron chi connectivity index (χ1n) is 5.46.